The molecule has 0 saturated carbocycles. The van der Waals surface area contributed by atoms with Crippen molar-refractivity contribution < 1.29 is 18.5 Å². The lowest BCUT2D eigenvalue weighted by atomic mass is 10.1. The molecule has 0 spiro atoms. The number of allylic oxidation sites excluding steroid dienone is 2. The van der Waals surface area contributed by atoms with Crippen molar-refractivity contribution in [1.29, 1.82) is 0 Å². The van der Waals surface area contributed by atoms with Gasteiger partial charge in [-0.1, -0.05) is 0 Å². The van der Waals surface area contributed by atoms with Gasteiger partial charge in [-0.05, 0) is 32.3 Å². The fraction of sp³-hybridized carbons (Fsp3) is 0.750. The minimum Gasteiger partial charge on any atom is -0.409 e. The molecule has 0 saturated heterocycles. The minimum absolute atomic E-state index is 0.182. The number of phosphoric ester groups is 1. The molecule has 0 amide bonds. The number of hydrogen-bond acceptors (Lipinski definition) is 3. The average Bonchev–Trinajstić information content (AvgIpc) is 2.04. The molecule has 1 N–H and O–H groups in total. The SMILES string of the molecule is CCOP(=O)(O)OC1=CCCCC1. The summed E-state index contributed by atoms with van der Waals surface area (Å²) in [5.41, 5.74) is 0. The highest BCUT2D eigenvalue weighted by atomic mass is 31.2. The van der Waals surface area contributed by atoms with E-state index < -0.39 is 7.82 Å². The molecule has 0 heterocycles. The summed E-state index contributed by atoms with van der Waals surface area (Å²) >= 11 is 0. The summed E-state index contributed by atoms with van der Waals surface area (Å²) in [5, 5.41) is 0. The lowest BCUT2D eigenvalue weighted by Gasteiger charge is -2.17. The summed E-state index contributed by atoms with van der Waals surface area (Å²) in [6.45, 7) is 1.84. The summed E-state index contributed by atoms with van der Waals surface area (Å²) in [6.07, 6.45) is 5.64. The molecular formula is C8H15O4P. The van der Waals surface area contributed by atoms with Gasteiger partial charge in [0.25, 0.3) is 0 Å². The standard InChI is InChI=1S/C8H15O4P/c1-2-11-13(9,10)12-8-6-4-3-5-7-8/h6H,2-5,7H2,1H3,(H,9,10). The third-order valence-corrected chi connectivity index (χ3v) is 2.82. The number of rotatable bonds is 4. The van der Waals surface area contributed by atoms with Gasteiger partial charge in [-0.25, -0.2) is 4.57 Å². The second kappa shape index (κ2) is 4.80. The van der Waals surface area contributed by atoms with Gasteiger partial charge in [0.15, 0.2) is 0 Å². The Bertz CT molecular complexity index is 236. The molecule has 0 fully saturated rings. The second-order valence-electron chi connectivity index (χ2n) is 2.89. The molecule has 0 aromatic heterocycles. The highest BCUT2D eigenvalue weighted by molar-refractivity contribution is 7.47. The van der Waals surface area contributed by atoms with Crippen LogP contribution in [-0.4, -0.2) is 11.5 Å². The Morgan fingerprint density at radius 3 is 2.92 bits per heavy atom. The van der Waals surface area contributed by atoms with Gasteiger partial charge in [-0.2, -0.15) is 0 Å². The quantitative estimate of drug-likeness (QED) is 0.718. The van der Waals surface area contributed by atoms with Crippen molar-refractivity contribution in [2.45, 2.75) is 32.6 Å². The third-order valence-electron chi connectivity index (χ3n) is 1.77. The molecule has 0 bridgehead atoms. The van der Waals surface area contributed by atoms with Crippen molar-refractivity contribution in [2.75, 3.05) is 6.61 Å². The Morgan fingerprint density at radius 1 is 1.62 bits per heavy atom. The average molecular weight is 206 g/mol. The Balaban J connectivity index is 2.46. The molecular weight excluding hydrogens is 191 g/mol. The zero-order valence-electron chi connectivity index (χ0n) is 7.73. The van der Waals surface area contributed by atoms with E-state index in [1.807, 2.05) is 6.08 Å². The zero-order chi connectivity index (χ0) is 9.73. The van der Waals surface area contributed by atoms with Gasteiger partial charge in [-0.3, -0.25) is 9.42 Å². The van der Waals surface area contributed by atoms with Crippen molar-refractivity contribution in [3.8, 4) is 0 Å². The molecule has 1 rings (SSSR count). The topological polar surface area (TPSA) is 55.8 Å². The van der Waals surface area contributed by atoms with Crippen molar-refractivity contribution in [3.05, 3.63) is 11.8 Å². The largest absolute Gasteiger partial charge is 0.527 e. The van der Waals surface area contributed by atoms with Crippen molar-refractivity contribution in [3.63, 3.8) is 0 Å². The molecule has 0 aliphatic heterocycles. The van der Waals surface area contributed by atoms with Crippen LogP contribution < -0.4 is 0 Å². The molecule has 0 aromatic carbocycles. The highest BCUT2D eigenvalue weighted by Crippen LogP contribution is 2.46. The van der Waals surface area contributed by atoms with E-state index in [-0.39, 0.29) is 6.61 Å². The third kappa shape index (κ3) is 3.94. The van der Waals surface area contributed by atoms with Crippen LogP contribution in [0.25, 0.3) is 0 Å². The fourth-order valence-corrected chi connectivity index (χ4v) is 2.07. The van der Waals surface area contributed by atoms with E-state index in [4.69, 9.17) is 9.42 Å². The summed E-state index contributed by atoms with van der Waals surface area (Å²) in [5.74, 6) is 0.588. The van der Waals surface area contributed by atoms with Crippen LogP contribution in [-0.2, 0) is 13.6 Å². The van der Waals surface area contributed by atoms with E-state index in [0.29, 0.717) is 5.76 Å². The van der Waals surface area contributed by atoms with E-state index in [9.17, 15) is 4.57 Å². The van der Waals surface area contributed by atoms with Crippen LogP contribution in [0.1, 0.15) is 32.6 Å². The minimum atomic E-state index is -3.83. The predicted molar refractivity (Wildman–Crippen MR) is 49.1 cm³/mol. The van der Waals surface area contributed by atoms with Crippen molar-refractivity contribution >= 4 is 7.82 Å². The molecule has 0 aromatic rings. The molecule has 13 heavy (non-hydrogen) atoms. The van der Waals surface area contributed by atoms with Gasteiger partial charge in [0, 0.05) is 6.42 Å². The Hall–Kier alpha value is -0.310. The zero-order valence-corrected chi connectivity index (χ0v) is 8.63. The molecule has 4 nitrogen and oxygen atoms in total. The van der Waals surface area contributed by atoms with E-state index in [2.05, 4.69) is 4.52 Å². The molecule has 76 valence electrons. The van der Waals surface area contributed by atoms with Crippen LogP contribution in [0.4, 0.5) is 0 Å². The van der Waals surface area contributed by atoms with Gasteiger partial charge in [0.1, 0.15) is 5.76 Å². The van der Waals surface area contributed by atoms with Gasteiger partial charge in [-0.15, -0.1) is 0 Å². The summed E-state index contributed by atoms with van der Waals surface area (Å²) in [4.78, 5) is 9.14. The molecule has 1 aliphatic rings. The molecule has 5 heteroatoms. The first-order valence-electron chi connectivity index (χ1n) is 4.50. The normalized spacial score (nSPS) is 21.8. The maximum absolute atomic E-state index is 11.2. The van der Waals surface area contributed by atoms with Crippen molar-refractivity contribution in [1.82, 2.24) is 0 Å². The Morgan fingerprint density at radius 2 is 2.38 bits per heavy atom. The first kappa shape index (κ1) is 10.8. The monoisotopic (exact) mass is 206 g/mol. The van der Waals surface area contributed by atoms with Gasteiger partial charge >= 0.3 is 7.82 Å². The summed E-state index contributed by atoms with van der Waals surface area (Å²) in [7, 11) is -3.83. The first-order chi connectivity index (χ1) is 6.14. The van der Waals surface area contributed by atoms with Gasteiger partial charge in [0.2, 0.25) is 0 Å². The molecule has 1 atom stereocenters. The van der Waals surface area contributed by atoms with E-state index >= 15 is 0 Å². The summed E-state index contributed by atoms with van der Waals surface area (Å²) < 4.78 is 20.6. The fourth-order valence-electron chi connectivity index (χ4n) is 1.23. The second-order valence-corrected chi connectivity index (χ2v) is 4.27. The maximum atomic E-state index is 11.2. The van der Waals surface area contributed by atoms with Crippen LogP contribution in [0, 0.1) is 0 Å². The van der Waals surface area contributed by atoms with E-state index in [0.717, 1.165) is 25.7 Å². The maximum Gasteiger partial charge on any atom is 0.527 e. The van der Waals surface area contributed by atoms with Crippen LogP contribution in [0.15, 0.2) is 11.8 Å². The van der Waals surface area contributed by atoms with Gasteiger partial charge in [0.05, 0.1) is 6.61 Å². The Kier molecular flexibility index (Phi) is 3.97. The van der Waals surface area contributed by atoms with Gasteiger partial charge < -0.3 is 4.52 Å². The molecule has 0 radical (unpaired) electrons. The lowest BCUT2D eigenvalue weighted by molar-refractivity contribution is 0.180. The molecule has 1 aliphatic carbocycles. The lowest BCUT2D eigenvalue weighted by Crippen LogP contribution is -1.98. The van der Waals surface area contributed by atoms with Crippen LogP contribution in [0.5, 0.6) is 0 Å². The first-order valence-corrected chi connectivity index (χ1v) is 5.99. The van der Waals surface area contributed by atoms with Crippen LogP contribution >= 0.6 is 7.82 Å². The van der Waals surface area contributed by atoms with Crippen LogP contribution in [0.2, 0.25) is 0 Å². The number of hydrogen-bond donors (Lipinski definition) is 1. The van der Waals surface area contributed by atoms with Crippen LogP contribution in [0.3, 0.4) is 0 Å². The van der Waals surface area contributed by atoms with Crippen molar-refractivity contribution in [2.24, 2.45) is 0 Å². The smallest absolute Gasteiger partial charge is 0.409 e. The van der Waals surface area contributed by atoms with E-state index in [1.54, 1.807) is 6.92 Å². The highest BCUT2D eigenvalue weighted by Gasteiger charge is 2.23. The summed E-state index contributed by atoms with van der Waals surface area (Å²) in [6, 6.07) is 0. The molecule has 1 unspecified atom stereocenters. The number of phosphoric acid groups is 1. The predicted octanol–water partition coefficient (Wildman–Crippen LogP) is 2.60. The Labute approximate surface area is 78.2 Å². The van der Waals surface area contributed by atoms with E-state index in [1.165, 1.54) is 0 Å².